The van der Waals surface area contributed by atoms with Crippen LogP contribution in [-0.2, 0) is 9.53 Å². The summed E-state index contributed by atoms with van der Waals surface area (Å²) >= 11 is 0. The molecular formula is C15H17N5O3. The first-order valence-corrected chi connectivity index (χ1v) is 7.64. The summed E-state index contributed by atoms with van der Waals surface area (Å²) in [6, 6.07) is 3.27. The van der Waals surface area contributed by atoms with Gasteiger partial charge >= 0.3 is 0 Å². The van der Waals surface area contributed by atoms with Crippen LogP contribution in [0.3, 0.4) is 0 Å². The first kappa shape index (κ1) is 14.1. The molecule has 1 saturated heterocycles. The highest BCUT2D eigenvalue weighted by atomic mass is 16.5. The molecule has 1 saturated carbocycles. The number of fused-ring (bicyclic) bond motifs is 2. The first-order valence-electron chi connectivity index (χ1n) is 7.64. The van der Waals surface area contributed by atoms with Crippen molar-refractivity contribution in [2.75, 3.05) is 6.61 Å². The van der Waals surface area contributed by atoms with Gasteiger partial charge in [-0.15, -0.1) is 0 Å². The average molecular weight is 315 g/mol. The highest BCUT2D eigenvalue weighted by molar-refractivity contribution is 5.93. The van der Waals surface area contributed by atoms with E-state index in [1.165, 1.54) is 6.92 Å². The summed E-state index contributed by atoms with van der Waals surface area (Å²) in [6.45, 7) is 2.12. The SMILES string of the molecule is CC(=O)N[C@@H]1[C@@H](NC(=O)c2nc3ncccc3[nH]2)[C@H]2CCO[C@H]21. The Bertz CT molecular complexity index is 740. The Balaban J connectivity index is 1.51. The fraction of sp³-hybridized carbons (Fsp3) is 0.467. The number of aromatic amines is 1. The van der Waals surface area contributed by atoms with Gasteiger partial charge in [0.25, 0.3) is 5.91 Å². The van der Waals surface area contributed by atoms with Crippen LogP contribution in [0.5, 0.6) is 0 Å². The van der Waals surface area contributed by atoms with Crippen LogP contribution < -0.4 is 10.6 Å². The van der Waals surface area contributed by atoms with E-state index in [4.69, 9.17) is 4.74 Å². The molecule has 8 nitrogen and oxygen atoms in total. The maximum absolute atomic E-state index is 12.5. The quantitative estimate of drug-likeness (QED) is 0.737. The summed E-state index contributed by atoms with van der Waals surface area (Å²) in [6.07, 6.45) is 2.50. The van der Waals surface area contributed by atoms with E-state index in [1.807, 2.05) is 6.07 Å². The Kier molecular flexibility index (Phi) is 3.26. The lowest BCUT2D eigenvalue weighted by Crippen LogP contribution is -2.70. The molecule has 2 fully saturated rings. The number of carbonyl (C=O) groups excluding carboxylic acids is 2. The number of pyridine rings is 1. The molecule has 4 rings (SSSR count). The molecule has 2 amide bonds. The van der Waals surface area contributed by atoms with Gasteiger partial charge in [0.1, 0.15) is 0 Å². The van der Waals surface area contributed by atoms with Gasteiger partial charge in [0, 0.05) is 25.6 Å². The molecule has 3 heterocycles. The van der Waals surface area contributed by atoms with Crippen LogP contribution in [0.25, 0.3) is 11.2 Å². The molecule has 3 N–H and O–H groups in total. The monoisotopic (exact) mass is 315 g/mol. The third kappa shape index (κ3) is 2.35. The first-order chi connectivity index (χ1) is 11.1. The number of hydrogen-bond acceptors (Lipinski definition) is 5. The van der Waals surface area contributed by atoms with Gasteiger partial charge in [0.05, 0.1) is 23.7 Å². The summed E-state index contributed by atoms with van der Waals surface area (Å²) < 4.78 is 5.63. The minimum absolute atomic E-state index is 0.0125. The average Bonchev–Trinajstić information content (AvgIpc) is 3.14. The summed E-state index contributed by atoms with van der Waals surface area (Å²) in [4.78, 5) is 35.1. The van der Waals surface area contributed by atoms with Gasteiger partial charge in [-0.2, -0.15) is 0 Å². The predicted octanol–water partition coefficient (Wildman–Crippen LogP) is -0.0203. The number of rotatable bonds is 3. The van der Waals surface area contributed by atoms with Crippen molar-refractivity contribution in [3.8, 4) is 0 Å². The zero-order chi connectivity index (χ0) is 16.0. The molecule has 1 aliphatic carbocycles. The number of aromatic nitrogens is 3. The van der Waals surface area contributed by atoms with E-state index >= 15 is 0 Å². The molecule has 0 spiro atoms. The van der Waals surface area contributed by atoms with Crippen molar-refractivity contribution in [3.05, 3.63) is 24.2 Å². The smallest absolute Gasteiger partial charge is 0.287 e. The molecule has 0 bridgehead atoms. The molecule has 120 valence electrons. The molecule has 0 aromatic carbocycles. The highest BCUT2D eigenvalue weighted by Crippen LogP contribution is 2.39. The van der Waals surface area contributed by atoms with Crippen LogP contribution in [0.15, 0.2) is 18.3 Å². The Morgan fingerprint density at radius 1 is 1.35 bits per heavy atom. The zero-order valence-electron chi connectivity index (χ0n) is 12.6. The van der Waals surface area contributed by atoms with Crippen molar-refractivity contribution in [1.82, 2.24) is 25.6 Å². The van der Waals surface area contributed by atoms with Gasteiger partial charge in [-0.25, -0.2) is 9.97 Å². The number of H-pyrrole nitrogens is 1. The minimum Gasteiger partial charge on any atom is -0.376 e. The third-order valence-electron chi connectivity index (χ3n) is 4.53. The molecule has 8 heteroatoms. The number of hydrogen-bond donors (Lipinski definition) is 3. The zero-order valence-corrected chi connectivity index (χ0v) is 12.6. The second kappa shape index (κ2) is 5.31. The van der Waals surface area contributed by atoms with E-state index in [0.717, 1.165) is 6.42 Å². The van der Waals surface area contributed by atoms with Gasteiger partial charge in [0.2, 0.25) is 5.91 Å². The van der Waals surface area contributed by atoms with E-state index < -0.39 is 0 Å². The summed E-state index contributed by atoms with van der Waals surface area (Å²) in [5, 5.41) is 5.83. The Hall–Kier alpha value is -2.48. The molecule has 0 radical (unpaired) electrons. The number of nitrogens with zero attached hydrogens (tertiary/aromatic N) is 2. The van der Waals surface area contributed by atoms with Gasteiger partial charge < -0.3 is 20.4 Å². The predicted molar refractivity (Wildman–Crippen MR) is 80.6 cm³/mol. The molecule has 2 aromatic heterocycles. The largest absolute Gasteiger partial charge is 0.376 e. The molecule has 2 aromatic rings. The Labute approximate surface area is 132 Å². The minimum atomic E-state index is -0.297. The van der Waals surface area contributed by atoms with E-state index in [2.05, 4.69) is 25.6 Å². The second-order valence-electron chi connectivity index (χ2n) is 5.97. The number of carbonyl (C=O) groups is 2. The molecule has 4 atom stereocenters. The normalized spacial score (nSPS) is 28.9. The van der Waals surface area contributed by atoms with Crippen LogP contribution in [0, 0.1) is 5.92 Å². The van der Waals surface area contributed by atoms with E-state index in [-0.39, 0.29) is 41.7 Å². The fourth-order valence-electron chi connectivity index (χ4n) is 3.48. The lowest BCUT2D eigenvalue weighted by atomic mass is 9.71. The fourth-order valence-corrected chi connectivity index (χ4v) is 3.48. The number of imidazole rings is 1. The molecule has 1 aliphatic heterocycles. The molecule has 0 unspecified atom stereocenters. The number of ether oxygens (including phenoxy) is 1. The van der Waals surface area contributed by atoms with Gasteiger partial charge in [-0.1, -0.05) is 0 Å². The Morgan fingerprint density at radius 3 is 3.00 bits per heavy atom. The van der Waals surface area contributed by atoms with E-state index in [1.54, 1.807) is 12.3 Å². The molecule has 2 aliphatic rings. The van der Waals surface area contributed by atoms with Crippen LogP contribution in [0.4, 0.5) is 0 Å². The third-order valence-corrected chi connectivity index (χ3v) is 4.53. The number of amides is 2. The number of nitrogens with one attached hydrogen (secondary N) is 3. The van der Waals surface area contributed by atoms with E-state index in [0.29, 0.717) is 17.8 Å². The van der Waals surface area contributed by atoms with Crippen molar-refractivity contribution in [3.63, 3.8) is 0 Å². The van der Waals surface area contributed by atoms with Crippen molar-refractivity contribution in [2.24, 2.45) is 5.92 Å². The van der Waals surface area contributed by atoms with E-state index in [9.17, 15) is 9.59 Å². The second-order valence-corrected chi connectivity index (χ2v) is 5.97. The topological polar surface area (TPSA) is 109 Å². The maximum atomic E-state index is 12.5. The lowest BCUT2D eigenvalue weighted by Gasteiger charge is -2.47. The lowest BCUT2D eigenvalue weighted by molar-refractivity contribution is -0.123. The van der Waals surface area contributed by atoms with Crippen LogP contribution in [-0.4, -0.2) is 51.6 Å². The summed E-state index contributed by atoms with van der Waals surface area (Å²) in [7, 11) is 0. The Morgan fingerprint density at radius 2 is 2.22 bits per heavy atom. The highest BCUT2D eigenvalue weighted by Gasteiger charge is 2.55. The van der Waals surface area contributed by atoms with Crippen LogP contribution in [0.1, 0.15) is 24.0 Å². The van der Waals surface area contributed by atoms with Crippen LogP contribution in [0.2, 0.25) is 0 Å². The van der Waals surface area contributed by atoms with Crippen LogP contribution >= 0.6 is 0 Å². The summed E-state index contributed by atoms with van der Waals surface area (Å²) in [5.41, 5.74) is 1.22. The molecular weight excluding hydrogens is 298 g/mol. The summed E-state index contributed by atoms with van der Waals surface area (Å²) in [5.74, 6) is 0.0331. The van der Waals surface area contributed by atoms with Gasteiger partial charge in [0.15, 0.2) is 11.5 Å². The van der Waals surface area contributed by atoms with Crippen molar-refractivity contribution < 1.29 is 14.3 Å². The maximum Gasteiger partial charge on any atom is 0.287 e. The van der Waals surface area contributed by atoms with Crippen molar-refractivity contribution in [1.29, 1.82) is 0 Å². The molecule has 23 heavy (non-hydrogen) atoms. The van der Waals surface area contributed by atoms with Crippen molar-refractivity contribution >= 4 is 23.0 Å². The van der Waals surface area contributed by atoms with Crippen molar-refractivity contribution in [2.45, 2.75) is 31.5 Å². The van der Waals surface area contributed by atoms with Gasteiger partial charge in [-0.3, -0.25) is 9.59 Å². The standard InChI is InChI=1S/C15H17N5O3/c1-7(21)17-11-10(8-4-6-23-12(8)11)19-15(22)14-18-9-3-2-5-16-13(9)20-14/h2-3,5,8,10-12H,4,6H2,1H3,(H,17,21)(H,19,22)(H,16,18,20)/t8-,10+,11-,12-/m1/s1. The van der Waals surface area contributed by atoms with Gasteiger partial charge in [-0.05, 0) is 18.6 Å².